The minimum absolute atomic E-state index is 0.0293. The summed E-state index contributed by atoms with van der Waals surface area (Å²) >= 11 is 0. The number of nitrogens with zero attached hydrogens (tertiary/aromatic N) is 2. The Morgan fingerprint density at radius 1 is 0.441 bits per heavy atom. The largest absolute Gasteiger partial charge is 0.468 e. The molecule has 0 saturated heterocycles. The van der Waals surface area contributed by atoms with E-state index in [2.05, 4.69) is 210 Å². The predicted molar refractivity (Wildman–Crippen MR) is 291 cm³/mol. The number of benzene rings is 6. The van der Waals surface area contributed by atoms with Crippen LogP contribution in [0.1, 0.15) is 166 Å². The van der Waals surface area contributed by atoms with Gasteiger partial charge in [-0.2, -0.15) is 0 Å². The Labute approximate surface area is 407 Å². The van der Waals surface area contributed by atoms with Crippen molar-refractivity contribution in [1.29, 1.82) is 0 Å². The van der Waals surface area contributed by atoms with Gasteiger partial charge in [-0.15, -0.1) is 0 Å². The minimum atomic E-state index is -0.111. The van der Waals surface area contributed by atoms with Crippen LogP contribution in [0.3, 0.4) is 0 Å². The molecular formula is C64H71BN2O. The molecule has 1 aromatic heterocycles. The van der Waals surface area contributed by atoms with Crippen molar-refractivity contribution in [2.75, 3.05) is 9.80 Å². The third-order valence-electron chi connectivity index (χ3n) is 18.4. The van der Waals surface area contributed by atoms with E-state index < -0.39 is 0 Å². The lowest BCUT2D eigenvalue weighted by Crippen LogP contribution is -2.61. The zero-order valence-corrected chi connectivity index (χ0v) is 43.4. The van der Waals surface area contributed by atoms with Gasteiger partial charge in [0.05, 0.1) is 11.3 Å². The molecule has 3 nitrogen and oxygen atoms in total. The summed E-state index contributed by atoms with van der Waals surface area (Å²) in [6.07, 6.45) is 7.00. The van der Waals surface area contributed by atoms with Crippen molar-refractivity contribution in [2.45, 2.75) is 168 Å². The highest BCUT2D eigenvalue weighted by atomic mass is 16.3. The van der Waals surface area contributed by atoms with Crippen molar-refractivity contribution in [2.24, 2.45) is 0 Å². The van der Waals surface area contributed by atoms with Crippen molar-refractivity contribution < 1.29 is 4.42 Å². The monoisotopic (exact) mass is 895 g/mol. The van der Waals surface area contributed by atoms with E-state index in [9.17, 15) is 0 Å². The summed E-state index contributed by atoms with van der Waals surface area (Å²) in [5, 5.41) is 1.23. The van der Waals surface area contributed by atoms with E-state index in [0.717, 1.165) is 36.9 Å². The molecule has 12 rings (SSSR count). The van der Waals surface area contributed by atoms with Crippen LogP contribution in [0.5, 0.6) is 0 Å². The van der Waals surface area contributed by atoms with E-state index in [1.54, 1.807) is 0 Å². The van der Waals surface area contributed by atoms with Crippen LogP contribution in [0.2, 0.25) is 0 Å². The molecule has 5 aliphatic rings. The zero-order valence-electron chi connectivity index (χ0n) is 43.4. The quantitative estimate of drug-likeness (QED) is 0.165. The van der Waals surface area contributed by atoms with E-state index in [1.807, 2.05) is 0 Å². The van der Waals surface area contributed by atoms with Gasteiger partial charge in [0.25, 0.3) is 6.71 Å². The molecule has 0 fully saturated rings. The van der Waals surface area contributed by atoms with E-state index in [0.29, 0.717) is 0 Å². The summed E-state index contributed by atoms with van der Waals surface area (Å²) in [4.78, 5) is 5.31. The van der Waals surface area contributed by atoms with Gasteiger partial charge in [-0.05, 0) is 200 Å². The Morgan fingerprint density at radius 3 is 1.59 bits per heavy atom. The number of hydrogen-bond acceptors (Lipinski definition) is 3. The number of hydrogen-bond donors (Lipinski definition) is 0. The van der Waals surface area contributed by atoms with Gasteiger partial charge in [0.2, 0.25) is 0 Å². The number of fused-ring (bicyclic) bond motifs is 9. The number of rotatable bonds is 3. The lowest BCUT2D eigenvalue weighted by molar-refractivity contribution is 0.332. The molecule has 0 unspecified atom stereocenters. The molecule has 7 aromatic rings. The molecule has 68 heavy (non-hydrogen) atoms. The molecule has 0 atom stereocenters. The number of furan rings is 1. The second-order valence-electron chi connectivity index (χ2n) is 25.9. The zero-order chi connectivity index (χ0) is 47.8. The average molecular weight is 895 g/mol. The van der Waals surface area contributed by atoms with Crippen LogP contribution in [0.15, 0.2) is 108 Å². The summed E-state index contributed by atoms with van der Waals surface area (Å²) in [5.41, 5.74) is 26.3. The normalized spacial score (nSPS) is 20.5. The lowest BCUT2D eigenvalue weighted by atomic mass is 9.35. The Balaban J connectivity index is 1.22. The van der Waals surface area contributed by atoms with E-state index in [4.69, 9.17) is 4.42 Å². The molecule has 3 heterocycles. The van der Waals surface area contributed by atoms with Crippen LogP contribution < -0.4 is 26.4 Å². The summed E-state index contributed by atoms with van der Waals surface area (Å²) in [6.45, 7) is 34.0. The third-order valence-corrected chi connectivity index (χ3v) is 18.4. The van der Waals surface area contributed by atoms with Crippen LogP contribution in [-0.4, -0.2) is 6.71 Å². The fourth-order valence-corrected chi connectivity index (χ4v) is 13.6. The summed E-state index contributed by atoms with van der Waals surface area (Å²) in [5.74, 6) is 0. The second-order valence-corrected chi connectivity index (χ2v) is 25.9. The molecule has 0 saturated carbocycles. The van der Waals surface area contributed by atoms with Crippen molar-refractivity contribution in [3.63, 3.8) is 0 Å². The standard InChI is InChI=1S/C64H71BN2O/c1-38-30-53-56-54(31-38)67(51-32-41(21-20-39(51)2)40-18-16-15-17-19-40)52-36-48-47(62(9,10)27-28-63(48,11)12)35-50(52)65(56)58-57(43-34-46-49(37-55(43)68-58)64(13,14)29-26-61(46,7)8)66(53)42-22-23-44-45(33-42)60(5,6)25-24-59(44,3)4/h15-23,30-37H,24-29H2,1-14H3. The van der Waals surface area contributed by atoms with Gasteiger partial charge >= 0.3 is 0 Å². The molecule has 346 valence electrons. The first-order valence-corrected chi connectivity index (χ1v) is 25.8. The van der Waals surface area contributed by atoms with Crippen LogP contribution in [0.25, 0.3) is 22.1 Å². The fourth-order valence-electron chi connectivity index (χ4n) is 13.6. The minimum Gasteiger partial charge on any atom is -0.468 e. The Morgan fingerprint density at radius 2 is 0.971 bits per heavy atom. The van der Waals surface area contributed by atoms with Gasteiger partial charge < -0.3 is 14.2 Å². The van der Waals surface area contributed by atoms with Gasteiger partial charge in [-0.1, -0.05) is 138 Å². The number of aryl methyl sites for hydroxylation is 2. The number of anilines is 6. The highest BCUT2D eigenvalue weighted by molar-refractivity contribution is 7.00. The van der Waals surface area contributed by atoms with Crippen molar-refractivity contribution >= 4 is 68.4 Å². The first kappa shape index (κ1) is 43.8. The molecule has 0 N–H and O–H groups in total. The maximum Gasteiger partial charge on any atom is 0.297 e. The molecule has 6 aromatic carbocycles. The highest BCUT2D eigenvalue weighted by Gasteiger charge is 2.50. The first-order chi connectivity index (χ1) is 32.0. The van der Waals surface area contributed by atoms with Crippen LogP contribution in [0.4, 0.5) is 34.1 Å². The SMILES string of the molecule is Cc1cc2c3c(c1)N(c1ccc4c(c1)C(C)(C)CCC4(C)C)c1c(oc4cc5c(cc14)C(C)(C)CCC5(C)C)B3c1cc3c(cc1N2c1cc(-c2ccccc2)ccc1C)C(C)(C)CCC3(C)C. The van der Waals surface area contributed by atoms with Gasteiger partial charge in [0.15, 0.2) is 0 Å². The Bertz CT molecular complexity index is 3280. The molecule has 2 aliphatic heterocycles. The molecule has 0 amide bonds. The van der Waals surface area contributed by atoms with Gasteiger partial charge in [-0.25, -0.2) is 0 Å². The lowest BCUT2D eigenvalue weighted by Gasteiger charge is -2.47. The molecule has 0 bridgehead atoms. The van der Waals surface area contributed by atoms with Crippen molar-refractivity contribution in [3.8, 4) is 11.1 Å². The predicted octanol–water partition coefficient (Wildman–Crippen LogP) is 15.8. The molecular weight excluding hydrogens is 824 g/mol. The maximum atomic E-state index is 7.71. The molecule has 3 aliphatic carbocycles. The van der Waals surface area contributed by atoms with E-state index >= 15 is 0 Å². The summed E-state index contributed by atoms with van der Waals surface area (Å²) in [7, 11) is 0. The first-order valence-electron chi connectivity index (χ1n) is 25.8. The summed E-state index contributed by atoms with van der Waals surface area (Å²) < 4.78 is 7.71. The van der Waals surface area contributed by atoms with Crippen LogP contribution in [0, 0.1) is 13.8 Å². The van der Waals surface area contributed by atoms with Crippen molar-refractivity contribution in [3.05, 3.63) is 148 Å². The van der Waals surface area contributed by atoms with Crippen molar-refractivity contribution in [1.82, 2.24) is 0 Å². The average Bonchev–Trinajstić information content (AvgIpc) is 3.66. The summed E-state index contributed by atoms with van der Waals surface area (Å²) in [6, 6.07) is 40.8. The fraction of sp³-hybridized carbons (Fsp3) is 0.406. The topological polar surface area (TPSA) is 19.6 Å². The Kier molecular flexibility index (Phi) is 9.06. The van der Waals surface area contributed by atoms with Gasteiger partial charge in [-0.3, -0.25) is 0 Å². The smallest absolute Gasteiger partial charge is 0.297 e. The molecule has 0 spiro atoms. The van der Waals surface area contributed by atoms with Gasteiger partial charge in [0, 0.05) is 33.8 Å². The van der Waals surface area contributed by atoms with Gasteiger partial charge in [0.1, 0.15) is 5.58 Å². The van der Waals surface area contributed by atoms with Crippen LogP contribution in [-0.2, 0) is 32.5 Å². The molecule has 0 radical (unpaired) electrons. The van der Waals surface area contributed by atoms with E-state index in [1.165, 1.54) is 119 Å². The highest BCUT2D eigenvalue weighted by Crippen LogP contribution is 2.55. The maximum absolute atomic E-state index is 7.71. The second kappa shape index (κ2) is 14.1. The third kappa shape index (κ3) is 6.23. The Hall–Kier alpha value is -5.48. The molecule has 4 heteroatoms. The van der Waals surface area contributed by atoms with E-state index in [-0.39, 0.29) is 39.2 Å². The van der Waals surface area contributed by atoms with Crippen LogP contribution >= 0.6 is 0 Å².